The Morgan fingerprint density at radius 2 is 2.06 bits per heavy atom. The quantitative estimate of drug-likeness (QED) is 0.225. The summed E-state index contributed by atoms with van der Waals surface area (Å²) in [6.45, 7) is 8.38. The monoisotopic (exact) mass is 569 g/mol. The fourth-order valence-electron chi connectivity index (χ4n) is 4.36. The number of halogens is 1. The average molecular weight is 569 g/mol. The first-order valence-electron chi connectivity index (χ1n) is 11.4. The first-order chi connectivity index (χ1) is 15.7. The molecule has 4 rings (SSSR count). The summed E-state index contributed by atoms with van der Waals surface area (Å²) < 4.78 is 13.4. The summed E-state index contributed by atoms with van der Waals surface area (Å²) >= 11 is 0. The molecule has 2 saturated heterocycles. The van der Waals surface area contributed by atoms with E-state index in [-0.39, 0.29) is 30.1 Å². The van der Waals surface area contributed by atoms with Crippen LogP contribution in [0.3, 0.4) is 0 Å². The molecule has 2 aliphatic heterocycles. The first kappa shape index (κ1) is 25.9. The molecular formula is C23H36IN7O2. The Morgan fingerprint density at radius 3 is 2.79 bits per heavy atom. The Morgan fingerprint density at radius 1 is 1.24 bits per heavy atom. The normalized spacial score (nSPS) is 21.1. The van der Waals surface area contributed by atoms with E-state index >= 15 is 0 Å². The molecule has 182 valence electrons. The molecular weight excluding hydrogens is 533 g/mol. The van der Waals surface area contributed by atoms with Gasteiger partial charge in [-0.1, -0.05) is 30.3 Å². The van der Waals surface area contributed by atoms with Crippen LogP contribution in [-0.2, 0) is 29.6 Å². The number of ether oxygens (including phenoxy) is 2. The SMILES string of the molecule is COCCCNC(=NCc1nnc(C)n1C)N1CC2OCCN(Cc3ccccc3)C2C1.I. The van der Waals surface area contributed by atoms with Gasteiger partial charge in [0.1, 0.15) is 12.4 Å². The predicted molar refractivity (Wildman–Crippen MR) is 139 cm³/mol. The Balaban J connectivity index is 0.00000306. The number of nitrogens with one attached hydrogen (secondary N) is 1. The van der Waals surface area contributed by atoms with Crippen molar-refractivity contribution in [3.8, 4) is 0 Å². The molecule has 1 aromatic heterocycles. The molecule has 0 saturated carbocycles. The highest BCUT2D eigenvalue weighted by atomic mass is 127. The molecule has 10 heteroatoms. The van der Waals surface area contributed by atoms with E-state index in [0.29, 0.717) is 12.6 Å². The average Bonchev–Trinajstić information content (AvgIpc) is 3.38. The number of nitrogens with zero attached hydrogens (tertiary/aromatic N) is 6. The van der Waals surface area contributed by atoms with Crippen molar-refractivity contribution in [2.75, 3.05) is 46.5 Å². The molecule has 0 spiro atoms. The van der Waals surface area contributed by atoms with Gasteiger partial charge >= 0.3 is 0 Å². The molecule has 2 aromatic rings. The summed E-state index contributed by atoms with van der Waals surface area (Å²) in [5.74, 6) is 2.65. The molecule has 0 aliphatic carbocycles. The van der Waals surface area contributed by atoms with E-state index in [0.717, 1.165) is 70.0 Å². The molecule has 0 bridgehead atoms. The van der Waals surface area contributed by atoms with E-state index in [1.54, 1.807) is 7.11 Å². The Kier molecular flexibility index (Phi) is 9.90. The number of aromatic nitrogens is 3. The van der Waals surface area contributed by atoms with Gasteiger partial charge < -0.3 is 24.3 Å². The minimum atomic E-state index is 0. The minimum Gasteiger partial charge on any atom is -0.385 e. The van der Waals surface area contributed by atoms with E-state index < -0.39 is 0 Å². The third-order valence-electron chi connectivity index (χ3n) is 6.31. The lowest BCUT2D eigenvalue weighted by Gasteiger charge is -2.36. The molecule has 2 unspecified atom stereocenters. The third kappa shape index (κ3) is 6.65. The number of morpholine rings is 1. The van der Waals surface area contributed by atoms with Crippen LogP contribution in [0, 0.1) is 6.92 Å². The molecule has 0 radical (unpaired) electrons. The van der Waals surface area contributed by atoms with E-state index in [4.69, 9.17) is 14.5 Å². The van der Waals surface area contributed by atoms with Gasteiger partial charge in [-0.05, 0) is 18.9 Å². The van der Waals surface area contributed by atoms with Gasteiger partial charge in [-0.25, -0.2) is 4.99 Å². The second-order valence-electron chi connectivity index (χ2n) is 8.47. The van der Waals surface area contributed by atoms with Crippen molar-refractivity contribution < 1.29 is 9.47 Å². The van der Waals surface area contributed by atoms with Crippen molar-refractivity contribution in [3.05, 3.63) is 47.5 Å². The summed E-state index contributed by atoms with van der Waals surface area (Å²) in [6, 6.07) is 11.0. The van der Waals surface area contributed by atoms with Gasteiger partial charge in [-0.2, -0.15) is 0 Å². The van der Waals surface area contributed by atoms with Crippen molar-refractivity contribution in [2.45, 2.75) is 38.6 Å². The van der Waals surface area contributed by atoms with Crippen LogP contribution in [0.2, 0.25) is 0 Å². The molecule has 2 fully saturated rings. The Hall–Kier alpha value is -1.76. The number of methoxy groups -OCH3 is 1. The molecule has 1 N–H and O–H groups in total. The van der Waals surface area contributed by atoms with E-state index in [2.05, 4.69) is 55.6 Å². The number of aryl methyl sites for hydroxylation is 1. The minimum absolute atomic E-state index is 0. The molecule has 9 nitrogen and oxygen atoms in total. The van der Waals surface area contributed by atoms with Gasteiger partial charge in [-0.15, -0.1) is 34.2 Å². The molecule has 2 aliphatic rings. The number of rotatable bonds is 8. The van der Waals surface area contributed by atoms with E-state index in [9.17, 15) is 0 Å². The molecule has 0 amide bonds. The molecule has 33 heavy (non-hydrogen) atoms. The second-order valence-corrected chi connectivity index (χ2v) is 8.47. The van der Waals surface area contributed by atoms with Crippen LogP contribution >= 0.6 is 24.0 Å². The van der Waals surface area contributed by atoms with E-state index in [1.165, 1.54) is 5.56 Å². The fourth-order valence-corrected chi connectivity index (χ4v) is 4.36. The summed E-state index contributed by atoms with van der Waals surface area (Å²) in [6.07, 6.45) is 1.12. The first-order valence-corrected chi connectivity index (χ1v) is 11.4. The van der Waals surface area contributed by atoms with Gasteiger partial charge in [0.2, 0.25) is 0 Å². The highest BCUT2D eigenvalue weighted by Gasteiger charge is 2.41. The van der Waals surface area contributed by atoms with Gasteiger partial charge in [-0.3, -0.25) is 4.90 Å². The Bertz CT molecular complexity index is 892. The number of benzene rings is 1. The van der Waals surface area contributed by atoms with Crippen LogP contribution < -0.4 is 5.32 Å². The number of aliphatic imine (C=N–C) groups is 1. The van der Waals surface area contributed by atoms with Crippen molar-refractivity contribution in [3.63, 3.8) is 0 Å². The lowest BCUT2D eigenvalue weighted by atomic mass is 10.1. The zero-order valence-corrected chi connectivity index (χ0v) is 22.1. The fraction of sp³-hybridized carbons (Fsp3) is 0.609. The smallest absolute Gasteiger partial charge is 0.194 e. The predicted octanol–water partition coefficient (Wildman–Crippen LogP) is 1.81. The topological polar surface area (TPSA) is 80.0 Å². The van der Waals surface area contributed by atoms with E-state index in [1.807, 2.05) is 18.5 Å². The molecule has 3 heterocycles. The standard InChI is InChI=1S/C23H35N7O2.HI/c1-18-26-27-22(28(18)2)14-25-23(24-10-7-12-31-3)30-16-20-21(17-30)32-13-11-29(20)15-19-8-5-4-6-9-19;/h4-6,8-9,20-21H,7,10-17H2,1-3H3,(H,24,25);1H. The summed E-state index contributed by atoms with van der Waals surface area (Å²) in [4.78, 5) is 9.79. The molecule has 1 aromatic carbocycles. The largest absolute Gasteiger partial charge is 0.385 e. The van der Waals surface area contributed by atoms with Crippen molar-refractivity contribution in [1.29, 1.82) is 0 Å². The maximum atomic E-state index is 6.17. The number of guanidine groups is 1. The van der Waals surface area contributed by atoms with Crippen LogP contribution in [0.1, 0.15) is 23.6 Å². The van der Waals surface area contributed by atoms with Crippen molar-refractivity contribution >= 4 is 29.9 Å². The van der Waals surface area contributed by atoms with Crippen LogP contribution in [0.4, 0.5) is 0 Å². The van der Waals surface area contributed by atoms with Crippen LogP contribution in [0.5, 0.6) is 0 Å². The van der Waals surface area contributed by atoms with Gasteiger partial charge in [0.15, 0.2) is 11.8 Å². The van der Waals surface area contributed by atoms with Crippen LogP contribution in [0.15, 0.2) is 35.3 Å². The van der Waals surface area contributed by atoms with Crippen molar-refractivity contribution in [2.24, 2.45) is 12.0 Å². The lowest BCUT2D eigenvalue weighted by molar-refractivity contribution is -0.0502. The number of hydrogen-bond donors (Lipinski definition) is 1. The zero-order chi connectivity index (χ0) is 22.3. The molecule has 2 atom stereocenters. The summed E-state index contributed by atoms with van der Waals surface area (Å²) in [7, 11) is 3.71. The third-order valence-corrected chi connectivity index (χ3v) is 6.31. The lowest BCUT2D eigenvalue weighted by Crippen LogP contribution is -2.50. The van der Waals surface area contributed by atoms with Crippen LogP contribution in [0.25, 0.3) is 0 Å². The zero-order valence-electron chi connectivity index (χ0n) is 19.8. The maximum Gasteiger partial charge on any atom is 0.194 e. The van der Waals surface area contributed by atoms with Crippen molar-refractivity contribution in [1.82, 2.24) is 29.9 Å². The highest BCUT2D eigenvalue weighted by molar-refractivity contribution is 14.0. The number of likely N-dealkylation sites (tertiary alicyclic amines) is 1. The van der Waals surface area contributed by atoms with Gasteiger partial charge in [0.25, 0.3) is 0 Å². The number of fused-ring (bicyclic) bond motifs is 1. The number of hydrogen-bond acceptors (Lipinski definition) is 6. The van der Waals surface area contributed by atoms with Gasteiger partial charge in [0, 0.05) is 53.5 Å². The Labute approximate surface area is 213 Å². The summed E-state index contributed by atoms with van der Waals surface area (Å²) in [5, 5.41) is 11.9. The summed E-state index contributed by atoms with van der Waals surface area (Å²) in [5.41, 5.74) is 1.34. The van der Waals surface area contributed by atoms with Crippen LogP contribution in [-0.4, -0.2) is 89.2 Å². The second kappa shape index (κ2) is 12.6. The maximum absolute atomic E-state index is 6.17. The van der Waals surface area contributed by atoms with Gasteiger partial charge in [0.05, 0.1) is 18.8 Å². The highest BCUT2D eigenvalue weighted by Crippen LogP contribution is 2.24.